The number of rotatable bonds is 1. The van der Waals surface area contributed by atoms with Gasteiger partial charge in [0.25, 0.3) is 0 Å². The quantitative estimate of drug-likeness (QED) is 0.712. The molecule has 3 nitrogen and oxygen atoms in total. The minimum Gasteiger partial charge on any atom is -0.508 e. The van der Waals surface area contributed by atoms with Crippen molar-refractivity contribution >= 4 is 5.76 Å². The highest BCUT2D eigenvalue weighted by Gasteiger charge is 2.04. The summed E-state index contributed by atoms with van der Waals surface area (Å²) in [6, 6.07) is 6.70. The summed E-state index contributed by atoms with van der Waals surface area (Å²) < 4.78 is 10.1. The summed E-state index contributed by atoms with van der Waals surface area (Å²) in [7, 11) is 0. The van der Waals surface area contributed by atoms with Crippen LogP contribution in [-0.4, -0.2) is 5.11 Å². The molecule has 13 heavy (non-hydrogen) atoms. The molecule has 0 unspecified atom stereocenters. The van der Waals surface area contributed by atoms with Crippen LogP contribution in [0.2, 0.25) is 0 Å². The van der Waals surface area contributed by atoms with E-state index in [4.69, 9.17) is 14.6 Å². The van der Waals surface area contributed by atoms with Gasteiger partial charge in [-0.2, -0.15) is 0 Å². The maximum atomic E-state index is 9.05. The van der Waals surface area contributed by atoms with Gasteiger partial charge in [-0.3, -0.25) is 0 Å². The molecule has 0 fully saturated rings. The maximum Gasteiger partial charge on any atom is 0.168 e. The number of ether oxygens (including phenoxy) is 2. The molecule has 0 atom stereocenters. The second-order valence-electron chi connectivity index (χ2n) is 2.56. The van der Waals surface area contributed by atoms with Crippen molar-refractivity contribution < 1.29 is 14.6 Å². The molecule has 1 N–H and O–H groups in total. The lowest BCUT2D eigenvalue weighted by Gasteiger charge is -2.09. The zero-order valence-electron chi connectivity index (χ0n) is 6.81. The molecule has 1 aromatic rings. The van der Waals surface area contributed by atoms with Gasteiger partial charge in [0, 0.05) is 5.56 Å². The minimum absolute atomic E-state index is 0.233. The van der Waals surface area contributed by atoms with Gasteiger partial charge in [-0.05, 0) is 24.3 Å². The molecule has 1 heterocycles. The fraction of sp³-hybridized carbons (Fsp3) is 0. The number of phenols is 1. The van der Waals surface area contributed by atoms with Gasteiger partial charge >= 0.3 is 0 Å². The summed E-state index contributed by atoms with van der Waals surface area (Å²) in [6.07, 6.45) is 4.42. The summed E-state index contributed by atoms with van der Waals surface area (Å²) in [6.45, 7) is 0. The van der Waals surface area contributed by atoms with Gasteiger partial charge in [0.1, 0.15) is 24.5 Å². The van der Waals surface area contributed by atoms with E-state index in [1.165, 1.54) is 18.8 Å². The van der Waals surface area contributed by atoms with E-state index in [9.17, 15) is 0 Å². The van der Waals surface area contributed by atoms with E-state index >= 15 is 0 Å². The largest absolute Gasteiger partial charge is 0.508 e. The third kappa shape index (κ3) is 1.64. The van der Waals surface area contributed by atoms with E-state index in [2.05, 4.69) is 0 Å². The second kappa shape index (κ2) is 3.23. The Hall–Kier alpha value is -1.90. The molecule has 0 saturated heterocycles. The first-order valence-corrected chi connectivity index (χ1v) is 3.83. The zero-order chi connectivity index (χ0) is 9.10. The van der Waals surface area contributed by atoms with E-state index in [0.717, 1.165) is 5.56 Å². The number of hydrogen-bond donors (Lipinski definition) is 1. The Balaban J connectivity index is 2.25. The third-order valence-corrected chi connectivity index (χ3v) is 1.66. The van der Waals surface area contributed by atoms with Crippen LogP contribution in [0.4, 0.5) is 0 Å². The Bertz CT molecular complexity index is 349. The monoisotopic (exact) mass is 176 g/mol. The molecule has 0 bridgehead atoms. The first kappa shape index (κ1) is 7.73. The SMILES string of the molecule is Oc1ccc(C2=COC=CO2)cc1. The molecule has 0 aromatic heterocycles. The fourth-order valence-corrected chi connectivity index (χ4v) is 1.02. The zero-order valence-corrected chi connectivity index (χ0v) is 6.81. The number of benzene rings is 1. The van der Waals surface area contributed by atoms with Crippen LogP contribution in [0.25, 0.3) is 5.76 Å². The van der Waals surface area contributed by atoms with Crippen LogP contribution in [0, 0.1) is 0 Å². The average molecular weight is 176 g/mol. The van der Waals surface area contributed by atoms with Gasteiger partial charge in [-0.25, -0.2) is 0 Å². The molecule has 0 aliphatic carbocycles. The van der Waals surface area contributed by atoms with E-state index < -0.39 is 0 Å². The Morgan fingerprint density at radius 1 is 1.00 bits per heavy atom. The van der Waals surface area contributed by atoms with Crippen molar-refractivity contribution in [2.24, 2.45) is 0 Å². The molecule has 1 aromatic carbocycles. The second-order valence-corrected chi connectivity index (χ2v) is 2.56. The lowest BCUT2D eigenvalue weighted by atomic mass is 10.2. The van der Waals surface area contributed by atoms with Crippen LogP contribution >= 0.6 is 0 Å². The number of aromatic hydroxyl groups is 1. The number of phenolic OH excluding ortho intramolecular Hbond substituents is 1. The van der Waals surface area contributed by atoms with E-state index in [-0.39, 0.29) is 5.75 Å². The summed E-state index contributed by atoms with van der Waals surface area (Å²) in [5.74, 6) is 0.860. The normalized spacial score (nSPS) is 14.3. The first-order chi connectivity index (χ1) is 6.36. The average Bonchev–Trinajstić information content (AvgIpc) is 2.20. The van der Waals surface area contributed by atoms with Crippen molar-refractivity contribution in [1.82, 2.24) is 0 Å². The van der Waals surface area contributed by atoms with Gasteiger partial charge in [-0.1, -0.05) is 0 Å². The van der Waals surface area contributed by atoms with Gasteiger partial charge < -0.3 is 14.6 Å². The predicted octanol–water partition coefficient (Wildman–Crippen LogP) is 2.21. The van der Waals surface area contributed by atoms with Gasteiger partial charge in [-0.15, -0.1) is 0 Å². The summed E-state index contributed by atoms with van der Waals surface area (Å²) in [5, 5.41) is 9.05. The Labute approximate surface area is 75.5 Å². The van der Waals surface area contributed by atoms with Crippen LogP contribution in [0.5, 0.6) is 5.75 Å². The highest BCUT2D eigenvalue weighted by atomic mass is 16.5. The fourth-order valence-electron chi connectivity index (χ4n) is 1.02. The molecule has 3 heteroatoms. The van der Waals surface area contributed by atoms with Crippen molar-refractivity contribution in [3.05, 3.63) is 48.6 Å². The Morgan fingerprint density at radius 2 is 1.77 bits per heavy atom. The van der Waals surface area contributed by atoms with E-state index in [1.54, 1.807) is 24.3 Å². The van der Waals surface area contributed by atoms with Crippen molar-refractivity contribution in [1.29, 1.82) is 0 Å². The molecule has 0 radical (unpaired) electrons. The van der Waals surface area contributed by atoms with Crippen LogP contribution in [0.15, 0.2) is 43.1 Å². The topological polar surface area (TPSA) is 38.7 Å². The summed E-state index contributed by atoms with van der Waals surface area (Å²) in [4.78, 5) is 0. The molecule has 2 rings (SSSR count). The van der Waals surface area contributed by atoms with Gasteiger partial charge in [0.15, 0.2) is 5.76 Å². The molecule has 1 aliphatic heterocycles. The van der Waals surface area contributed by atoms with E-state index in [0.29, 0.717) is 5.76 Å². The summed E-state index contributed by atoms with van der Waals surface area (Å²) in [5.41, 5.74) is 0.863. The summed E-state index contributed by atoms with van der Waals surface area (Å²) >= 11 is 0. The highest BCUT2D eigenvalue weighted by Crippen LogP contribution is 2.21. The minimum atomic E-state index is 0.233. The highest BCUT2D eigenvalue weighted by molar-refractivity contribution is 5.60. The van der Waals surface area contributed by atoms with Crippen LogP contribution in [0.1, 0.15) is 5.56 Å². The Kier molecular flexibility index (Phi) is 1.92. The van der Waals surface area contributed by atoms with Gasteiger partial charge in [0.05, 0.1) is 0 Å². The van der Waals surface area contributed by atoms with Crippen molar-refractivity contribution in [3.8, 4) is 5.75 Å². The molecule has 66 valence electrons. The van der Waals surface area contributed by atoms with Crippen LogP contribution in [-0.2, 0) is 9.47 Å². The molecular weight excluding hydrogens is 168 g/mol. The molecule has 0 saturated carbocycles. The van der Waals surface area contributed by atoms with Crippen molar-refractivity contribution in [3.63, 3.8) is 0 Å². The lowest BCUT2D eigenvalue weighted by Crippen LogP contribution is -1.90. The predicted molar refractivity (Wildman–Crippen MR) is 47.4 cm³/mol. The molecule has 1 aliphatic rings. The molecule has 0 spiro atoms. The van der Waals surface area contributed by atoms with Crippen LogP contribution in [0.3, 0.4) is 0 Å². The maximum absolute atomic E-state index is 9.05. The Morgan fingerprint density at radius 3 is 2.38 bits per heavy atom. The lowest BCUT2D eigenvalue weighted by molar-refractivity contribution is 0.312. The van der Waals surface area contributed by atoms with Crippen molar-refractivity contribution in [2.45, 2.75) is 0 Å². The van der Waals surface area contributed by atoms with Crippen molar-refractivity contribution in [2.75, 3.05) is 0 Å². The smallest absolute Gasteiger partial charge is 0.168 e. The van der Waals surface area contributed by atoms with E-state index in [1.807, 2.05) is 0 Å². The standard InChI is InChI=1S/C10H8O3/c11-9-3-1-8(2-4-9)10-7-12-5-6-13-10/h1-7,11H. The van der Waals surface area contributed by atoms with Crippen LogP contribution < -0.4 is 0 Å². The molecule has 0 amide bonds. The molecular formula is C10H8O3. The number of hydrogen-bond acceptors (Lipinski definition) is 3. The first-order valence-electron chi connectivity index (χ1n) is 3.83. The van der Waals surface area contributed by atoms with Gasteiger partial charge in [0.2, 0.25) is 0 Å². The third-order valence-electron chi connectivity index (χ3n) is 1.66.